The second-order valence-electron chi connectivity index (χ2n) is 8.55. The molecule has 1 heterocycles. The Morgan fingerprint density at radius 1 is 0.730 bits per heavy atom. The summed E-state index contributed by atoms with van der Waals surface area (Å²) in [6, 6.07) is 15.8. The van der Waals surface area contributed by atoms with Gasteiger partial charge >= 0.3 is 0 Å². The number of nitrogens with zero attached hydrogens (tertiary/aromatic N) is 1. The van der Waals surface area contributed by atoms with E-state index >= 15 is 0 Å². The van der Waals surface area contributed by atoms with Gasteiger partial charge in [0, 0.05) is 29.5 Å². The van der Waals surface area contributed by atoms with Gasteiger partial charge < -0.3 is 5.32 Å². The van der Waals surface area contributed by atoms with E-state index in [2.05, 4.69) is 10.0 Å². The molecule has 0 aliphatic carbocycles. The van der Waals surface area contributed by atoms with Crippen LogP contribution >= 0.6 is 23.2 Å². The Bertz CT molecular complexity index is 1490. The summed E-state index contributed by atoms with van der Waals surface area (Å²) in [5, 5.41) is 3.22. The van der Waals surface area contributed by atoms with E-state index in [1.807, 2.05) is 0 Å². The van der Waals surface area contributed by atoms with Gasteiger partial charge in [0.05, 0.1) is 20.4 Å². The molecule has 196 valence electrons. The van der Waals surface area contributed by atoms with Crippen molar-refractivity contribution in [2.75, 3.05) is 23.1 Å². The van der Waals surface area contributed by atoms with E-state index in [4.69, 9.17) is 23.2 Å². The molecule has 3 aromatic carbocycles. The van der Waals surface area contributed by atoms with E-state index < -0.39 is 26.0 Å². The largest absolute Gasteiger partial charge is 0.322 e. The quantitative estimate of drug-likeness (QED) is 0.376. The first-order chi connectivity index (χ1) is 17.6. The molecule has 4 rings (SSSR count). The van der Waals surface area contributed by atoms with E-state index in [1.165, 1.54) is 46.8 Å². The van der Waals surface area contributed by atoms with Gasteiger partial charge in [0.2, 0.25) is 10.0 Å². The molecule has 8 nitrogen and oxygen atoms in total. The zero-order valence-electron chi connectivity index (χ0n) is 19.7. The predicted octanol–water partition coefficient (Wildman–Crippen LogP) is 5.61. The van der Waals surface area contributed by atoms with Crippen molar-refractivity contribution in [2.24, 2.45) is 0 Å². The molecule has 3 aromatic rings. The molecule has 0 bridgehead atoms. The first kappa shape index (κ1) is 27.4. The molecular weight excluding hydrogens is 557 g/mol. The molecule has 1 aliphatic rings. The van der Waals surface area contributed by atoms with Crippen LogP contribution in [0.5, 0.6) is 0 Å². The topological polar surface area (TPSA) is 113 Å². The van der Waals surface area contributed by atoms with Crippen LogP contribution in [0.25, 0.3) is 0 Å². The highest BCUT2D eigenvalue weighted by molar-refractivity contribution is 7.92. The van der Waals surface area contributed by atoms with Gasteiger partial charge in [-0.3, -0.25) is 9.52 Å². The molecule has 1 aliphatic heterocycles. The van der Waals surface area contributed by atoms with Gasteiger partial charge in [-0.1, -0.05) is 36.0 Å². The van der Waals surface area contributed by atoms with E-state index in [9.17, 15) is 21.6 Å². The minimum absolute atomic E-state index is 0.00123. The SMILES string of the molecule is O=C(Nc1ccc(S(=O)(=O)Nc2ccc(Cl)cc2)cc1)c1cc(S(=O)(=O)N2CCCCCC2)ccc1Cl. The Morgan fingerprint density at radius 2 is 1.30 bits per heavy atom. The lowest BCUT2D eigenvalue weighted by atomic mass is 10.2. The highest BCUT2D eigenvalue weighted by Crippen LogP contribution is 2.26. The van der Waals surface area contributed by atoms with Crippen molar-refractivity contribution in [1.82, 2.24) is 4.31 Å². The maximum atomic E-state index is 13.1. The number of halogens is 2. The molecule has 0 spiro atoms. The highest BCUT2D eigenvalue weighted by Gasteiger charge is 2.27. The van der Waals surface area contributed by atoms with Gasteiger partial charge in [0.25, 0.3) is 15.9 Å². The predicted molar refractivity (Wildman–Crippen MR) is 145 cm³/mol. The lowest BCUT2D eigenvalue weighted by molar-refractivity contribution is 0.102. The first-order valence-electron chi connectivity index (χ1n) is 11.6. The Morgan fingerprint density at radius 3 is 1.92 bits per heavy atom. The molecule has 2 N–H and O–H groups in total. The minimum atomic E-state index is -3.86. The zero-order chi connectivity index (χ0) is 26.6. The number of carbonyl (C=O) groups is 1. The van der Waals surface area contributed by atoms with Crippen molar-refractivity contribution in [3.8, 4) is 0 Å². The van der Waals surface area contributed by atoms with Crippen molar-refractivity contribution in [3.63, 3.8) is 0 Å². The molecule has 37 heavy (non-hydrogen) atoms. The average Bonchev–Trinajstić information content (AvgIpc) is 3.16. The summed E-state index contributed by atoms with van der Waals surface area (Å²) in [7, 11) is -7.63. The molecule has 1 fully saturated rings. The van der Waals surface area contributed by atoms with Crippen LogP contribution in [0, 0.1) is 0 Å². The molecule has 0 saturated carbocycles. The van der Waals surface area contributed by atoms with Crippen LogP contribution < -0.4 is 10.0 Å². The standard InChI is InChI=1S/C25H25Cl2N3O5S2/c26-18-5-7-20(8-6-18)29-36(32,33)21-11-9-19(10-12-21)28-25(31)23-17-22(13-14-24(23)27)37(34,35)30-15-3-1-2-4-16-30/h5-14,17,29H,1-4,15-16H2,(H,28,31). The summed E-state index contributed by atoms with van der Waals surface area (Å²) >= 11 is 12.1. The Labute approximate surface area is 226 Å². The van der Waals surface area contributed by atoms with Gasteiger partial charge in [-0.15, -0.1) is 0 Å². The van der Waals surface area contributed by atoms with Crippen LogP contribution in [0.2, 0.25) is 10.0 Å². The molecule has 0 aromatic heterocycles. The summed E-state index contributed by atoms with van der Waals surface area (Å²) in [5.74, 6) is -0.618. The lowest BCUT2D eigenvalue weighted by Gasteiger charge is -2.20. The fourth-order valence-corrected chi connectivity index (χ4v) is 6.85. The van der Waals surface area contributed by atoms with Crippen molar-refractivity contribution in [1.29, 1.82) is 0 Å². The fourth-order valence-electron chi connectivity index (χ4n) is 3.92. The van der Waals surface area contributed by atoms with Crippen molar-refractivity contribution < 1.29 is 21.6 Å². The second-order valence-corrected chi connectivity index (χ2v) is 13.0. The van der Waals surface area contributed by atoms with E-state index in [0.717, 1.165) is 25.7 Å². The smallest absolute Gasteiger partial charge is 0.261 e. The zero-order valence-corrected chi connectivity index (χ0v) is 22.8. The fraction of sp³-hybridized carbons (Fsp3) is 0.240. The lowest BCUT2D eigenvalue weighted by Crippen LogP contribution is -2.32. The van der Waals surface area contributed by atoms with Crippen LogP contribution in [0.4, 0.5) is 11.4 Å². The molecular formula is C25H25Cl2N3O5S2. The number of anilines is 2. The third kappa shape index (κ3) is 6.63. The van der Waals surface area contributed by atoms with Gasteiger partial charge in [0.1, 0.15) is 0 Å². The van der Waals surface area contributed by atoms with Gasteiger partial charge in [-0.25, -0.2) is 16.8 Å². The summed E-state index contributed by atoms with van der Waals surface area (Å²) in [6.07, 6.45) is 3.55. The van der Waals surface area contributed by atoms with Gasteiger partial charge in [0.15, 0.2) is 0 Å². The Kier molecular flexibility index (Phi) is 8.45. The minimum Gasteiger partial charge on any atom is -0.322 e. The molecule has 0 radical (unpaired) electrons. The number of carbonyl (C=O) groups excluding carboxylic acids is 1. The van der Waals surface area contributed by atoms with Crippen molar-refractivity contribution >= 4 is 60.5 Å². The number of rotatable bonds is 7. The van der Waals surface area contributed by atoms with Gasteiger partial charge in [-0.2, -0.15) is 4.31 Å². The van der Waals surface area contributed by atoms with Crippen molar-refractivity contribution in [3.05, 3.63) is 82.3 Å². The number of hydrogen-bond donors (Lipinski definition) is 2. The maximum absolute atomic E-state index is 13.1. The number of sulfonamides is 2. The number of benzene rings is 3. The van der Waals surface area contributed by atoms with Crippen molar-refractivity contribution in [2.45, 2.75) is 35.5 Å². The van der Waals surface area contributed by atoms with E-state index in [-0.39, 0.29) is 20.4 Å². The second kappa shape index (κ2) is 11.4. The first-order valence-corrected chi connectivity index (χ1v) is 15.2. The Balaban J connectivity index is 1.49. The van der Waals surface area contributed by atoms with E-state index in [0.29, 0.717) is 29.5 Å². The Hall–Kier alpha value is -2.63. The molecule has 12 heteroatoms. The number of amides is 1. The average molecular weight is 583 g/mol. The van der Waals surface area contributed by atoms with Crippen LogP contribution in [-0.2, 0) is 20.0 Å². The summed E-state index contributed by atoms with van der Waals surface area (Å²) in [4.78, 5) is 12.9. The molecule has 0 unspecified atom stereocenters. The highest BCUT2D eigenvalue weighted by atomic mass is 35.5. The summed E-state index contributed by atoms with van der Waals surface area (Å²) in [6.45, 7) is 0.878. The third-order valence-electron chi connectivity index (χ3n) is 5.90. The van der Waals surface area contributed by atoms with Gasteiger partial charge in [-0.05, 0) is 79.6 Å². The van der Waals surface area contributed by atoms with Crippen LogP contribution in [0.1, 0.15) is 36.0 Å². The number of nitrogens with one attached hydrogen (secondary N) is 2. The number of hydrogen-bond acceptors (Lipinski definition) is 5. The van der Waals surface area contributed by atoms with Crippen LogP contribution in [0.3, 0.4) is 0 Å². The molecule has 1 saturated heterocycles. The van der Waals surface area contributed by atoms with E-state index in [1.54, 1.807) is 24.3 Å². The van der Waals surface area contributed by atoms with Crippen LogP contribution in [0.15, 0.2) is 76.5 Å². The summed E-state index contributed by atoms with van der Waals surface area (Å²) in [5.41, 5.74) is 0.664. The monoisotopic (exact) mass is 581 g/mol. The molecule has 0 atom stereocenters. The van der Waals surface area contributed by atoms with Crippen LogP contribution in [-0.4, -0.2) is 40.1 Å². The summed E-state index contributed by atoms with van der Waals surface area (Å²) < 4.78 is 55.5. The maximum Gasteiger partial charge on any atom is 0.261 e. The third-order valence-corrected chi connectivity index (χ3v) is 9.78. The molecule has 1 amide bonds. The normalized spacial score (nSPS) is 15.1.